The van der Waals surface area contributed by atoms with Gasteiger partial charge >= 0.3 is 0 Å². The average Bonchev–Trinajstić information content (AvgIpc) is 2.82. The molecule has 1 N–H and O–H groups in total. The van der Waals surface area contributed by atoms with Gasteiger partial charge in [0.15, 0.2) is 0 Å². The summed E-state index contributed by atoms with van der Waals surface area (Å²) in [5, 5.41) is 8.30. The van der Waals surface area contributed by atoms with Crippen molar-refractivity contribution in [2.45, 2.75) is 38.6 Å². The molecule has 3 rings (SSSR count). The Morgan fingerprint density at radius 3 is 2.90 bits per heavy atom. The Morgan fingerprint density at radius 2 is 2.15 bits per heavy atom. The molecule has 1 atom stereocenters. The number of hydrogen-bond donors (Lipinski definition) is 1. The van der Waals surface area contributed by atoms with Crippen molar-refractivity contribution in [3.63, 3.8) is 0 Å². The second-order valence-corrected chi connectivity index (χ2v) is 6.18. The molecule has 3 nitrogen and oxygen atoms in total. The quantitative estimate of drug-likeness (QED) is 0.908. The molecule has 0 aliphatic carbocycles. The van der Waals surface area contributed by atoms with Crippen LogP contribution in [0.25, 0.3) is 0 Å². The van der Waals surface area contributed by atoms with E-state index in [1.807, 2.05) is 0 Å². The first-order valence-corrected chi connectivity index (χ1v) is 8.13. The predicted molar refractivity (Wildman–Crippen MR) is 86.2 cm³/mol. The zero-order chi connectivity index (χ0) is 13.9. The third-order valence-electron chi connectivity index (χ3n) is 3.91. The van der Waals surface area contributed by atoms with Gasteiger partial charge in [0.1, 0.15) is 5.82 Å². The van der Waals surface area contributed by atoms with Crippen molar-refractivity contribution < 1.29 is 0 Å². The Kier molecular flexibility index (Phi) is 4.10. The summed E-state index contributed by atoms with van der Waals surface area (Å²) in [7, 11) is 0. The van der Waals surface area contributed by atoms with Gasteiger partial charge in [0.25, 0.3) is 0 Å². The molecule has 20 heavy (non-hydrogen) atoms. The highest BCUT2D eigenvalue weighted by Crippen LogP contribution is 2.33. The van der Waals surface area contributed by atoms with Crippen LogP contribution in [0.3, 0.4) is 0 Å². The molecule has 0 radical (unpaired) electrons. The first-order chi connectivity index (χ1) is 9.79. The minimum Gasteiger partial charge on any atom is -0.369 e. The van der Waals surface area contributed by atoms with Crippen molar-refractivity contribution in [1.29, 1.82) is 0 Å². The van der Waals surface area contributed by atoms with E-state index in [9.17, 15) is 0 Å². The lowest BCUT2D eigenvalue weighted by molar-refractivity contribution is 0.501. The Balaban J connectivity index is 1.81. The lowest BCUT2D eigenvalue weighted by Crippen LogP contribution is -2.26. The molecular formula is C16H20BrN3. The standard InChI is InChI=1S/C16H20BrN3/c1-2-3-9-14-15(17)16-18-10-13(11-20(16)19-14)12-7-5-4-6-8-12/h4-8,13,18H,2-3,9-11H2,1H3. The van der Waals surface area contributed by atoms with E-state index in [1.165, 1.54) is 24.1 Å². The number of halogens is 1. The Morgan fingerprint density at radius 1 is 1.35 bits per heavy atom. The molecule has 1 aliphatic heterocycles. The summed E-state index contributed by atoms with van der Waals surface area (Å²) in [5.41, 5.74) is 2.57. The maximum atomic E-state index is 4.77. The third kappa shape index (κ3) is 2.62. The topological polar surface area (TPSA) is 29.9 Å². The van der Waals surface area contributed by atoms with Crippen molar-refractivity contribution in [2.75, 3.05) is 11.9 Å². The molecule has 1 aliphatic rings. The molecule has 106 valence electrons. The lowest BCUT2D eigenvalue weighted by Gasteiger charge is -2.25. The van der Waals surface area contributed by atoms with Crippen LogP contribution in [0.4, 0.5) is 5.82 Å². The minimum atomic E-state index is 0.495. The summed E-state index contributed by atoms with van der Waals surface area (Å²) in [4.78, 5) is 0. The molecule has 4 heteroatoms. The molecule has 0 spiro atoms. The van der Waals surface area contributed by atoms with Crippen LogP contribution >= 0.6 is 15.9 Å². The first-order valence-electron chi connectivity index (χ1n) is 7.33. The highest BCUT2D eigenvalue weighted by molar-refractivity contribution is 9.10. The largest absolute Gasteiger partial charge is 0.369 e. The van der Waals surface area contributed by atoms with Gasteiger partial charge in [0.2, 0.25) is 0 Å². The number of hydrogen-bond acceptors (Lipinski definition) is 2. The van der Waals surface area contributed by atoms with Gasteiger partial charge in [-0.25, -0.2) is 4.68 Å². The number of anilines is 1. The Bertz CT molecular complexity index is 577. The van der Waals surface area contributed by atoms with Gasteiger partial charge in [-0.1, -0.05) is 43.7 Å². The highest BCUT2D eigenvalue weighted by atomic mass is 79.9. The monoisotopic (exact) mass is 333 g/mol. The SMILES string of the molecule is CCCCc1nn2c(c1Br)NCC(c1ccccc1)C2. The Labute approximate surface area is 128 Å². The van der Waals surface area contributed by atoms with E-state index in [4.69, 9.17) is 5.10 Å². The number of nitrogens with one attached hydrogen (secondary N) is 1. The molecule has 0 bridgehead atoms. The fraction of sp³-hybridized carbons (Fsp3) is 0.438. The third-order valence-corrected chi connectivity index (χ3v) is 4.74. The zero-order valence-corrected chi connectivity index (χ0v) is 13.4. The molecule has 1 unspecified atom stereocenters. The summed E-state index contributed by atoms with van der Waals surface area (Å²) in [6.45, 7) is 4.15. The molecule has 1 aromatic heterocycles. The molecule has 2 heterocycles. The number of aryl methyl sites for hydroxylation is 1. The van der Waals surface area contributed by atoms with Crippen molar-refractivity contribution in [3.05, 3.63) is 46.1 Å². The number of nitrogens with zero attached hydrogens (tertiary/aromatic N) is 2. The Hall–Kier alpha value is -1.29. The fourth-order valence-electron chi connectivity index (χ4n) is 2.74. The van der Waals surface area contributed by atoms with Crippen LogP contribution in [-0.2, 0) is 13.0 Å². The first kappa shape index (κ1) is 13.7. The molecule has 0 saturated carbocycles. The normalized spacial score (nSPS) is 17.6. The van der Waals surface area contributed by atoms with Crippen molar-refractivity contribution >= 4 is 21.7 Å². The van der Waals surface area contributed by atoms with Crippen LogP contribution in [0.2, 0.25) is 0 Å². The molecule has 1 aromatic carbocycles. The molecule has 0 fully saturated rings. The predicted octanol–water partition coefficient (Wildman–Crippen LogP) is 4.20. The van der Waals surface area contributed by atoms with Crippen molar-refractivity contribution in [2.24, 2.45) is 0 Å². The van der Waals surface area contributed by atoms with Gasteiger partial charge in [0, 0.05) is 12.5 Å². The molecule has 0 saturated heterocycles. The minimum absolute atomic E-state index is 0.495. The van der Waals surface area contributed by atoms with Gasteiger partial charge in [-0.2, -0.15) is 5.10 Å². The van der Waals surface area contributed by atoms with Crippen molar-refractivity contribution in [1.82, 2.24) is 9.78 Å². The number of aromatic nitrogens is 2. The van der Waals surface area contributed by atoms with Gasteiger partial charge in [-0.05, 0) is 34.3 Å². The zero-order valence-electron chi connectivity index (χ0n) is 11.8. The second-order valence-electron chi connectivity index (χ2n) is 5.38. The van der Waals surface area contributed by atoms with Crippen LogP contribution in [0, 0.1) is 0 Å². The van der Waals surface area contributed by atoms with E-state index in [1.54, 1.807) is 0 Å². The van der Waals surface area contributed by atoms with Crippen LogP contribution in [0.15, 0.2) is 34.8 Å². The van der Waals surface area contributed by atoms with Crippen LogP contribution < -0.4 is 5.32 Å². The summed E-state index contributed by atoms with van der Waals surface area (Å²) >= 11 is 3.70. The van der Waals surface area contributed by atoms with Gasteiger partial charge in [-0.15, -0.1) is 0 Å². The van der Waals surface area contributed by atoms with E-state index >= 15 is 0 Å². The van der Waals surface area contributed by atoms with E-state index < -0.39 is 0 Å². The van der Waals surface area contributed by atoms with Gasteiger partial charge < -0.3 is 5.32 Å². The number of fused-ring (bicyclic) bond motifs is 1. The fourth-order valence-corrected chi connectivity index (χ4v) is 3.36. The van der Waals surface area contributed by atoms with E-state index in [0.29, 0.717) is 5.92 Å². The number of rotatable bonds is 4. The molecule has 2 aromatic rings. The smallest absolute Gasteiger partial charge is 0.139 e. The van der Waals surface area contributed by atoms with Gasteiger partial charge in [-0.3, -0.25) is 0 Å². The van der Waals surface area contributed by atoms with E-state index in [2.05, 4.69) is 63.2 Å². The summed E-state index contributed by atoms with van der Waals surface area (Å²) in [6, 6.07) is 10.7. The summed E-state index contributed by atoms with van der Waals surface area (Å²) in [5.74, 6) is 1.64. The number of unbranched alkanes of at least 4 members (excludes halogenated alkanes) is 1. The average molecular weight is 334 g/mol. The highest BCUT2D eigenvalue weighted by Gasteiger charge is 2.24. The van der Waals surface area contributed by atoms with Crippen LogP contribution in [0.1, 0.15) is 36.9 Å². The molecular weight excluding hydrogens is 314 g/mol. The van der Waals surface area contributed by atoms with Crippen molar-refractivity contribution in [3.8, 4) is 0 Å². The van der Waals surface area contributed by atoms with Gasteiger partial charge in [0.05, 0.1) is 16.7 Å². The second kappa shape index (κ2) is 6.00. The maximum Gasteiger partial charge on any atom is 0.139 e. The van der Waals surface area contributed by atoms with Crippen LogP contribution in [-0.4, -0.2) is 16.3 Å². The van der Waals surface area contributed by atoms with Crippen LogP contribution in [0.5, 0.6) is 0 Å². The lowest BCUT2D eigenvalue weighted by atomic mass is 9.98. The number of benzene rings is 1. The summed E-state index contributed by atoms with van der Waals surface area (Å²) in [6.07, 6.45) is 3.45. The van der Waals surface area contributed by atoms with E-state index in [-0.39, 0.29) is 0 Å². The summed E-state index contributed by atoms with van der Waals surface area (Å²) < 4.78 is 3.27. The molecule has 0 amide bonds. The van der Waals surface area contributed by atoms with E-state index in [0.717, 1.165) is 29.8 Å². The maximum absolute atomic E-state index is 4.77.